The predicted molar refractivity (Wildman–Crippen MR) is 126 cm³/mol. The van der Waals surface area contributed by atoms with E-state index < -0.39 is 29.4 Å². The fraction of sp³-hybridized carbons (Fsp3) is 0.360. The van der Waals surface area contributed by atoms with Gasteiger partial charge in [0.2, 0.25) is 5.91 Å². The molecule has 1 N–H and O–H groups in total. The van der Waals surface area contributed by atoms with Crippen LogP contribution in [0.5, 0.6) is 0 Å². The number of benzene rings is 2. The molecule has 0 saturated carbocycles. The molecule has 3 aromatic rings. The van der Waals surface area contributed by atoms with Crippen molar-refractivity contribution < 1.29 is 22.7 Å². The Kier molecular flexibility index (Phi) is 6.58. The number of likely N-dealkylation sites (tertiary alicyclic amines) is 1. The number of aromatic nitrogens is 1. The molecule has 176 valence electrons. The number of carbonyl (C=O) groups excluding carboxylic acids is 1. The molecular weight excluding hydrogens is 442 g/mol. The predicted octanol–water partition coefficient (Wildman–Crippen LogP) is 4.37. The van der Waals surface area contributed by atoms with Crippen LogP contribution in [-0.2, 0) is 15.1 Å². The van der Waals surface area contributed by atoms with Crippen LogP contribution >= 0.6 is 0 Å². The Labute approximate surface area is 197 Å². The monoisotopic (exact) mass is 467 g/mol. The van der Waals surface area contributed by atoms with Crippen LogP contribution in [0.1, 0.15) is 49.4 Å². The number of carbonyl (C=O) groups is 1. The van der Waals surface area contributed by atoms with Gasteiger partial charge >= 0.3 is 0 Å². The lowest BCUT2D eigenvalue weighted by atomic mass is 9.90. The van der Waals surface area contributed by atoms with Gasteiger partial charge in [0.15, 0.2) is 0 Å². The first-order chi connectivity index (χ1) is 16.1. The summed E-state index contributed by atoms with van der Waals surface area (Å²) in [4.78, 5) is 18.0. The number of hydrogen-bond donors (Lipinski definition) is 1. The first-order valence-electron chi connectivity index (χ1n) is 11.0. The maximum Gasteiger partial charge on any atom is 0.266 e. The zero-order chi connectivity index (χ0) is 24.6. The van der Waals surface area contributed by atoms with Crippen molar-refractivity contribution in [2.24, 2.45) is 0 Å². The van der Waals surface area contributed by atoms with Gasteiger partial charge in [0.05, 0.1) is 23.7 Å². The number of amides is 1. The van der Waals surface area contributed by atoms with Crippen LogP contribution in [-0.4, -0.2) is 43.8 Å². The second-order valence-corrected chi connectivity index (χ2v) is 8.63. The van der Waals surface area contributed by atoms with Gasteiger partial charge in [0.25, 0.3) is 6.43 Å². The number of rotatable bonds is 6. The van der Waals surface area contributed by atoms with Crippen molar-refractivity contribution in [1.82, 2.24) is 9.88 Å². The Morgan fingerprint density at radius 1 is 1.24 bits per heavy atom. The topological polar surface area (TPSA) is 54.5 Å². The van der Waals surface area contributed by atoms with Crippen molar-refractivity contribution >= 4 is 35.9 Å². The second kappa shape index (κ2) is 9.29. The summed E-state index contributed by atoms with van der Waals surface area (Å²) in [7, 11) is 7.62. The van der Waals surface area contributed by atoms with Crippen LogP contribution in [0.3, 0.4) is 0 Å². The number of pyridine rings is 1. The molecule has 5 nitrogen and oxygen atoms in total. The highest BCUT2D eigenvalue weighted by atomic mass is 19.3. The highest BCUT2D eigenvalue weighted by Crippen LogP contribution is 2.38. The quantitative estimate of drug-likeness (QED) is 0.548. The molecule has 1 aromatic heterocycles. The lowest BCUT2D eigenvalue weighted by molar-refractivity contribution is -0.129. The van der Waals surface area contributed by atoms with Gasteiger partial charge in [-0.3, -0.25) is 9.78 Å². The van der Waals surface area contributed by atoms with Gasteiger partial charge in [0.1, 0.15) is 19.3 Å². The molecule has 34 heavy (non-hydrogen) atoms. The average Bonchev–Trinajstić information content (AvgIpc) is 3.25. The number of fused-ring (bicyclic) bond motifs is 1. The summed E-state index contributed by atoms with van der Waals surface area (Å²) in [5.74, 6) is -0.948. The molecule has 1 amide bonds. The summed E-state index contributed by atoms with van der Waals surface area (Å²) < 4.78 is 47.0. The molecule has 1 saturated heterocycles. The van der Waals surface area contributed by atoms with Gasteiger partial charge in [0, 0.05) is 37.2 Å². The summed E-state index contributed by atoms with van der Waals surface area (Å²) in [5, 5.41) is 3.94. The fourth-order valence-electron chi connectivity index (χ4n) is 4.60. The van der Waals surface area contributed by atoms with Crippen LogP contribution in [0.4, 0.5) is 18.9 Å². The summed E-state index contributed by atoms with van der Waals surface area (Å²) in [5.41, 5.74) is 1.17. The van der Waals surface area contributed by atoms with Gasteiger partial charge in [-0.2, -0.15) is 0 Å². The zero-order valence-electron chi connectivity index (χ0n) is 19.2. The molecule has 4 rings (SSSR count). The smallest absolute Gasteiger partial charge is 0.266 e. The average molecular weight is 467 g/mol. The minimum atomic E-state index is -2.90. The molecule has 2 heterocycles. The Balaban J connectivity index is 1.74. The Morgan fingerprint density at radius 3 is 2.62 bits per heavy atom. The van der Waals surface area contributed by atoms with E-state index in [4.69, 9.17) is 12.6 Å². The van der Waals surface area contributed by atoms with Crippen LogP contribution in [0, 0.1) is 5.82 Å². The Hall–Kier alpha value is -3.07. The number of halogens is 3. The molecule has 2 atom stereocenters. The lowest BCUT2D eigenvalue weighted by Gasteiger charge is -2.29. The lowest BCUT2D eigenvalue weighted by Crippen LogP contribution is -2.34. The molecule has 2 aromatic carbocycles. The molecule has 0 spiro atoms. The number of anilines is 1. The van der Waals surface area contributed by atoms with E-state index in [-0.39, 0.29) is 17.1 Å². The summed E-state index contributed by atoms with van der Waals surface area (Å²) in [6.45, 7) is 4.24. The first kappa shape index (κ1) is 24.1. The van der Waals surface area contributed by atoms with Crippen molar-refractivity contribution in [2.45, 2.75) is 38.3 Å². The van der Waals surface area contributed by atoms with Crippen molar-refractivity contribution in [3.05, 3.63) is 65.0 Å². The molecule has 0 unspecified atom stereocenters. The van der Waals surface area contributed by atoms with Gasteiger partial charge < -0.3 is 15.0 Å². The summed E-state index contributed by atoms with van der Waals surface area (Å²) in [6.07, 6.45) is -2.26. The Morgan fingerprint density at radius 2 is 1.97 bits per heavy atom. The Bertz CT molecular complexity index is 1240. The third-order valence-corrected chi connectivity index (χ3v) is 6.55. The van der Waals surface area contributed by atoms with Crippen LogP contribution in [0.15, 0.2) is 42.5 Å². The standard InChI is InChI=1S/C25H25BF3N3O2/c1-14(17-5-4-6-18(23(17)27)24(28)29)30-21-12-22(26)31-20-8-7-16(11-19(20)21)25(34-3)9-10-32(13-25)15(2)33/h4-8,11-12,14,24H,9-10,13H2,1-3H3,(H,30,31)/t14-,25+/m1/s1. The number of nitrogens with zero attached hydrogens (tertiary/aromatic N) is 2. The van der Waals surface area contributed by atoms with E-state index in [0.29, 0.717) is 30.7 Å². The molecule has 0 bridgehead atoms. The van der Waals surface area contributed by atoms with Crippen molar-refractivity contribution in [3.8, 4) is 0 Å². The highest BCUT2D eigenvalue weighted by molar-refractivity contribution is 6.31. The fourth-order valence-corrected chi connectivity index (χ4v) is 4.60. The third kappa shape index (κ3) is 4.36. The molecular formula is C25H25BF3N3O2. The van der Waals surface area contributed by atoms with E-state index in [1.807, 2.05) is 18.2 Å². The minimum absolute atomic E-state index is 0.0154. The summed E-state index contributed by atoms with van der Waals surface area (Å²) >= 11 is 0. The normalized spacial score (nSPS) is 19.1. The minimum Gasteiger partial charge on any atom is -0.378 e. The van der Waals surface area contributed by atoms with Crippen LogP contribution < -0.4 is 10.9 Å². The third-order valence-electron chi connectivity index (χ3n) is 6.55. The molecule has 0 aliphatic carbocycles. The van der Waals surface area contributed by atoms with Crippen molar-refractivity contribution in [2.75, 3.05) is 25.5 Å². The van der Waals surface area contributed by atoms with Gasteiger partial charge in [-0.1, -0.05) is 24.3 Å². The SMILES string of the molecule is [B]c1cc(N[C@H](C)c2cccc(C(F)F)c2F)c2cc([C@]3(OC)CCN(C(C)=O)C3)ccc2n1. The van der Waals surface area contributed by atoms with E-state index in [1.165, 1.54) is 19.1 Å². The molecule has 1 fully saturated rings. The van der Waals surface area contributed by atoms with E-state index in [1.54, 1.807) is 25.0 Å². The zero-order valence-corrected chi connectivity index (χ0v) is 19.2. The van der Waals surface area contributed by atoms with E-state index in [9.17, 15) is 18.0 Å². The van der Waals surface area contributed by atoms with Gasteiger partial charge in [-0.15, -0.1) is 0 Å². The number of hydrogen-bond acceptors (Lipinski definition) is 4. The largest absolute Gasteiger partial charge is 0.378 e. The molecule has 1 aliphatic rings. The van der Waals surface area contributed by atoms with Gasteiger partial charge in [-0.05, 0) is 42.7 Å². The van der Waals surface area contributed by atoms with Crippen LogP contribution in [0.25, 0.3) is 10.9 Å². The molecule has 2 radical (unpaired) electrons. The first-order valence-corrected chi connectivity index (χ1v) is 11.0. The maximum absolute atomic E-state index is 14.7. The maximum atomic E-state index is 14.7. The molecule has 9 heteroatoms. The van der Waals surface area contributed by atoms with E-state index in [0.717, 1.165) is 17.0 Å². The van der Waals surface area contributed by atoms with E-state index >= 15 is 0 Å². The van der Waals surface area contributed by atoms with Crippen LogP contribution in [0.2, 0.25) is 0 Å². The second-order valence-electron chi connectivity index (χ2n) is 8.63. The molecule has 1 aliphatic heterocycles. The number of ether oxygens (including phenoxy) is 1. The highest BCUT2D eigenvalue weighted by Gasteiger charge is 2.41. The van der Waals surface area contributed by atoms with Crippen molar-refractivity contribution in [1.29, 1.82) is 0 Å². The number of nitrogens with one attached hydrogen (secondary N) is 1. The van der Waals surface area contributed by atoms with E-state index in [2.05, 4.69) is 10.3 Å². The number of alkyl halides is 2. The summed E-state index contributed by atoms with van der Waals surface area (Å²) in [6, 6.07) is 10.6. The van der Waals surface area contributed by atoms with Crippen molar-refractivity contribution in [3.63, 3.8) is 0 Å². The number of methoxy groups -OCH3 is 1. The van der Waals surface area contributed by atoms with Gasteiger partial charge in [-0.25, -0.2) is 13.2 Å².